The third-order valence-corrected chi connectivity index (χ3v) is 4.04. The quantitative estimate of drug-likeness (QED) is 0.688. The van der Waals surface area contributed by atoms with Crippen molar-refractivity contribution in [3.8, 4) is 0 Å². The predicted octanol–water partition coefficient (Wildman–Crippen LogP) is 2.19. The van der Waals surface area contributed by atoms with Crippen molar-refractivity contribution in [2.75, 3.05) is 26.2 Å². The van der Waals surface area contributed by atoms with E-state index in [-0.39, 0.29) is 30.8 Å². The van der Waals surface area contributed by atoms with E-state index in [1.807, 2.05) is 12.1 Å². The van der Waals surface area contributed by atoms with Gasteiger partial charge in [0.05, 0.1) is 24.1 Å². The Bertz CT molecular complexity index is 633. The van der Waals surface area contributed by atoms with E-state index in [9.17, 15) is 9.59 Å². The Labute approximate surface area is 147 Å². The van der Waals surface area contributed by atoms with Crippen LogP contribution >= 0.6 is 0 Å². The fraction of sp³-hybridized carbons (Fsp3) is 0.444. The van der Waals surface area contributed by atoms with Gasteiger partial charge in [-0.25, -0.2) is 0 Å². The summed E-state index contributed by atoms with van der Waals surface area (Å²) in [5, 5.41) is 5.61. The molecule has 0 fully saturated rings. The van der Waals surface area contributed by atoms with Gasteiger partial charge in [-0.3, -0.25) is 14.5 Å². The average Bonchev–Trinajstić information content (AvgIpc) is 3.32. The van der Waals surface area contributed by atoms with Crippen LogP contribution in [-0.4, -0.2) is 42.9 Å². The summed E-state index contributed by atoms with van der Waals surface area (Å²) in [6.45, 7) is 6.60. The molecule has 2 N–H and O–H groups in total. The second-order valence-electron chi connectivity index (χ2n) is 5.57. The molecular weight excluding hydrogens is 322 g/mol. The molecule has 0 spiro atoms. The lowest BCUT2D eigenvalue weighted by Crippen LogP contribution is -2.38. The molecule has 1 atom stereocenters. The molecule has 0 bridgehead atoms. The van der Waals surface area contributed by atoms with Crippen molar-refractivity contribution in [2.45, 2.75) is 26.3 Å². The van der Waals surface area contributed by atoms with Crippen molar-refractivity contribution in [2.24, 2.45) is 0 Å². The van der Waals surface area contributed by atoms with Crippen LogP contribution in [0, 0.1) is 0 Å². The highest BCUT2D eigenvalue weighted by molar-refractivity contribution is 5.94. The van der Waals surface area contributed by atoms with E-state index in [1.165, 1.54) is 12.5 Å². The summed E-state index contributed by atoms with van der Waals surface area (Å²) in [7, 11) is 0. The zero-order valence-corrected chi connectivity index (χ0v) is 14.7. The maximum Gasteiger partial charge on any atom is 0.254 e. The lowest BCUT2D eigenvalue weighted by Gasteiger charge is -2.28. The van der Waals surface area contributed by atoms with Gasteiger partial charge in [-0.15, -0.1) is 0 Å². The number of furan rings is 2. The number of nitrogens with one attached hydrogen (secondary N) is 2. The van der Waals surface area contributed by atoms with E-state index in [4.69, 9.17) is 8.83 Å². The third-order valence-electron chi connectivity index (χ3n) is 4.04. The van der Waals surface area contributed by atoms with Crippen LogP contribution in [0.25, 0.3) is 0 Å². The summed E-state index contributed by atoms with van der Waals surface area (Å²) in [4.78, 5) is 26.0. The van der Waals surface area contributed by atoms with Crippen LogP contribution in [0.5, 0.6) is 0 Å². The molecule has 0 aliphatic rings. The summed E-state index contributed by atoms with van der Waals surface area (Å²) >= 11 is 0. The van der Waals surface area contributed by atoms with Gasteiger partial charge >= 0.3 is 0 Å². The van der Waals surface area contributed by atoms with Gasteiger partial charge in [-0.2, -0.15) is 0 Å². The summed E-state index contributed by atoms with van der Waals surface area (Å²) in [6, 6.07) is 5.33. The normalized spacial score (nSPS) is 12.1. The van der Waals surface area contributed by atoms with Gasteiger partial charge in [-0.1, -0.05) is 13.8 Å². The molecule has 25 heavy (non-hydrogen) atoms. The summed E-state index contributed by atoms with van der Waals surface area (Å²) in [6.07, 6.45) is 4.66. The molecule has 0 radical (unpaired) electrons. The standard InChI is InChI=1S/C18H25N3O4/c1-3-21(4-2)15(16-6-5-10-25-16)12-20-17(22)7-9-19-18(23)14-8-11-24-13-14/h5-6,8,10-11,13,15H,3-4,7,9,12H2,1-2H3,(H,19,23)(H,20,22)/t15-/m1/s1. The molecule has 2 amide bonds. The van der Waals surface area contributed by atoms with Gasteiger partial charge in [0.1, 0.15) is 12.0 Å². The molecule has 2 rings (SSSR count). The number of nitrogens with zero attached hydrogens (tertiary/aromatic N) is 1. The molecule has 2 aromatic rings. The Morgan fingerprint density at radius 3 is 2.56 bits per heavy atom. The number of likely N-dealkylation sites (N-methyl/N-ethyl adjacent to an activating group) is 1. The van der Waals surface area contributed by atoms with E-state index < -0.39 is 0 Å². The van der Waals surface area contributed by atoms with Crippen LogP contribution in [-0.2, 0) is 4.79 Å². The maximum absolute atomic E-state index is 12.1. The SMILES string of the molecule is CCN(CC)[C@H](CNC(=O)CCNC(=O)c1ccoc1)c1ccco1. The summed E-state index contributed by atoms with van der Waals surface area (Å²) in [5.41, 5.74) is 0.444. The molecule has 7 heteroatoms. The van der Waals surface area contributed by atoms with Crippen LogP contribution in [0.15, 0.2) is 45.8 Å². The number of amides is 2. The highest BCUT2D eigenvalue weighted by atomic mass is 16.3. The minimum absolute atomic E-state index is 0.00512. The highest BCUT2D eigenvalue weighted by Crippen LogP contribution is 2.20. The molecule has 0 unspecified atom stereocenters. The molecular formula is C18H25N3O4. The van der Waals surface area contributed by atoms with E-state index in [0.29, 0.717) is 12.1 Å². The summed E-state index contributed by atoms with van der Waals surface area (Å²) < 4.78 is 10.4. The van der Waals surface area contributed by atoms with Gasteiger partial charge in [0, 0.05) is 19.5 Å². The maximum atomic E-state index is 12.1. The van der Waals surface area contributed by atoms with Crippen LogP contribution < -0.4 is 10.6 Å². The number of carbonyl (C=O) groups excluding carboxylic acids is 2. The first kappa shape index (κ1) is 18.8. The number of hydrogen-bond donors (Lipinski definition) is 2. The lowest BCUT2D eigenvalue weighted by atomic mass is 10.2. The monoisotopic (exact) mass is 347 g/mol. The van der Waals surface area contributed by atoms with Gasteiger partial charge in [0.15, 0.2) is 0 Å². The Morgan fingerprint density at radius 2 is 1.96 bits per heavy atom. The fourth-order valence-electron chi connectivity index (χ4n) is 2.64. The third kappa shape index (κ3) is 5.49. The predicted molar refractivity (Wildman–Crippen MR) is 93.0 cm³/mol. The van der Waals surface area contributed by atoms with Crippen LogP contribution in [0.3, 0.4) is 0 Å². The van der Waals surface area contributed by atoms with E-state index in [0.717, 1.165) is 18.8 Å². The second kappa shape index (κ2) is 9.68. The largest absolute Gasteiger partial charge is 0.472 e. The van der Waals surface area contributed by atoms with E-state index in [2.05, 4.69) is 29.4 Å². The Hall–Kier alpha value is -2.54. The molecule has 2 heterocycles. The number of rotatable bonds is 10. The van der Waals surface area contributed by atoms with Crippen molar-refractivity contribution in [3.05, 3.63) is 48.3 Å². The van der Waals surface area contributed by atoms with Gasteiger partial charge in [0.2, 0.25) is 5.91 Å². The molecule has 0 saturated heterocycles. The van der Waals surface area contributed by atoms with Crippen LogP contribution in [0.4, 0.5) is 0 Å². The Kier molecular flexibility index (Phi) is 7.28. The molecule has 7 nitrogen and oxygen atoms in total. The first-order valence-electron chi connectivity index (χ1n) is 8.50. The first-order chi connectivity index (χ1) is 12.2. The second-order valence-corrected chi connectivity index (χ2v) is 5.57. The molecule has 0 aromatic carbocycles. The molecule has 0 saturated carbocycles. The molecule has 136 valence electrons. The van der Waals surface area contributed by atoms with Gasteiger partial charge < -0.3 is 19.5 Å². The average molecular weight is 347 g/mol. The van der Waals surface area contributed by atoms with E-state index in [1.54, 1.807) is 12.3 Å². The Balaban J connectivity index is 1.77. The van der Waals surface area contributed by atoms with Crippen LogP contribution in [0.1, 0.15) is 42.4 Å². The van der Waals surface area contributed by atoms with Gasteiger partial charge in [0.25, 0.3) is 5.91 Å². The minimum atomic E-state index is -0.252. The molecule has 0 aliphatic heterocycles. The zero-order valence-electron chi connectivity index (χ0n) is 14.7. The van der Waals surface area contributed by atoms with Crippen molar-refractivity contribution in [3.63, 3.8) is 0 Å². The number of carbonyl (C=O) groups is 2. The lowest BCUT2D eigenvalue weighted by molar-refractivity contribution is -0.121. The molecule has 0 aliphatic carbocycles. The topological polar surface area (TPSA) is 87.7 Å². The zero-order chi connectivity index (χ0) is 18.1. The molecule has 2 aromatic heterocycles. The van der Waals surface area contributed by atoms with Crippen LogP contribution in [0.2, 0.25) is 0 Å². The van der Waals surface area contributed by atoms with Crippen molar-refractivity contribution in [1.82, 2.24) is 15.5 Å². The van der Waals surface area contributed by atoms with Crippen molar-refractivity contribution < 1.29 is 18.4 Å². The number of hydrogen-bond acceptors (Lipinski definition) is 5. The summed E-state index contributed by atoms with van der Waals surface area (Å²) in [5.74, 6) is 0.464. The minimum Gasteiger partial charge on any atom is -0.472 e. The van der Waals surface area contributed by atoms with E-state index >= 15 is 0 Å². The highest BCUT2D eigenvalue weighted by Gasteiger charge is 2.21. The first-order valence-corrected chi connectivity index (χ1v) is 8.50. The van der Waals surface area contributed by atoms with Gasteiger partial charge in [-0.05, 0) is 31.3 Å². The van der Waals surface area contributed by atoms with Crippen molar-refractivity contribution >= 4 is 11.8 Å². The fourth-order valence-corrected chi connectivity index (χ4v) is 2.64. The van der Waals surface area contributed by atoms with Crippen molar-refractivity contribution in [1.29, 1.82) is 0 Å². The smallest absolute Gasteiger partial charge is 0.254 e. The Morgan fingerprint density at radius 1 is 1.16 bits per heavy atom.